The van der Waals surface area contributed by atoms with Crippen LogP contribution in [0.2, 0.25) is 0 Å². The van der Waals surface area contributed by atoms with E-state index in [0.29, 0.717) is 25.0 Å². The maximum atomic E-state index is 14.3. The number of carbonyl (C=O) groups excluding carboxylic acids is 1. The fourth-order valence-electron chi connectivity index (χ4n) is 3.00. The maximum Gasteiger partial charge on any atom is 0.416 e. The summed E-state index contributed by atoms with van der Waals surface area (Å²) in [5, 5.41) is 11.4. The normalized spacial score (nSPS) is 18.2. The van der Waals surface area contributed by atoms with Crippen molar-refractivity contribution in [3.05, 3.63) is 35.4 Å². The standard InChI is InChI=1S/C16H17F4NO3/c17-13(10-3-5-11(6-4-10)16(18,19)20)14(24)21-15(9-12(22)23)7-1-2-8-15/h3-6,13H,1-2,7-9H2,(H,21,24)(H,22,23). The Morgan fingerprint density at radius 3 is 2.17 bits per heavy atom. The van der Waals surface area contributed by atoms with Gasteiger partial charge in [-0.2, -0.15) is 13.2 Å². The van der Waals surface area contributed by atoms with Crippen molar-refractivity contribution in [1.29, 1.82) is 0 Å². The Hall–Kier alpha value is -2.12. The summed E-state index contributed by atoms with van der Waals surface area (Å²) >= 11 is 0. The molecular formula is C16H17F4NO3. The summed E-state index contributed by atoms with van der Waals surface area (Å²) in [5.74, 6) is -2.12. The number of rotatable bonds is 5. The van der Waals surface area contributed by atoms with Crippen molar-refractivity contribution in [2.24, 2.45) is 0 Å². The summed E-state index contributed by atoms with van der Waals surface area (Å²) < 4.78 is 51.8. The van der Waals surface area contributed by atoms with Crippen molar-refractivity contribution in [2.75, 3.05) is 0 Å². The molecule has 0 heterocycles. The summed E-state index contributed by atoms with van der Waals surface area (Å²) in [6.07, 6.45) is -4.68. The zero-order valence-corrected chi connectivity index (χ0v) is 12.7. The van der Waals surface area contributed by atoms with E-state index >= 15 is 0 Å². The first-order valence-corrected chi connectivity index (χ1v) is 7.48. The van der Waals surface area contributed by atoms with Gasteiger partial charge in [0, 0.05) is 0 Å². The Morgan fingerprint density at radius 2 is 1.71 bits per heavy atom. The second-order valence-corrected chi connectivity index (χ2v) is 6.03. The van der Waals surface area contributed by atoms with Crippen molar-refractivity contribution in [1.82, 2.24) is 5.32 Å². The first-order valence-electron chi connectivity index (χ1n) is 7.48. The van der Waals surface area contributed by atoms with Crippen LogP contribution in [-0.2, 0) is 15.8 Å². The van der Waals surface area contributed by atoms with Gasteiger partial charge in [0.15, 0.2) is 0 Å². The van der Waals surface area contributed by atoms with Crippen LogP contribution < -0.4 is 5.32 Å². The van der Waals surface area contributed by atoms with Crippen molar-refractivity contribution >= 4 is 11.9 Å². The van der Waals surface area contributed by atoms with Gasteiger partial charge in [0.25, 0.3) is 5.91 Å². The topological polar surface area (TPSA) is 66.4 Å². The lowest BCUT2D eigenvalue weighted by Gasteiger charge is -2.29. The molecule has 1 aromatic carbocycles. The quantitative estimate of drug-likeness (QED) is 0.800. The Kier molecular flexibility index (Phi) is 5.15. The van der Waals surface area contributed by atoms with E-state index in [-0.39, 0.29) is 12.0 Å². The molecule has 1 aliphatic carbocycles. The van der Waals surface area contributed by atoms with Crippen LogP contribution in [0.4, 0.5) is 17.6 Å². The van der Waals surface area contributed by atoms with Gasteiger partial charge in [-0.3, -0.25) is 9.59 Å². The fourth-order valence-corrected chi connectivity index (χ4v) is 3.00. The number of carbonyl (C=O) groups is 2. The van der Waals surface area contributed by atoms with Gasteiger partial charge in [0.1, 0.15) is 0 Å². The van der Waals surface area contributed by atoms with Crippen molar-refractivity contribution < 1.29 is 32.3 Å². The van der Waals surface area contributed by atoms with Gasteiger partial charge < -0.3 is 10.4 Å². The van der Waals surface area contributed by atoms with Gasteiger partial charge >= 0.3 is 12.1 Å². The van der Waals surface area contributed by atoms with Crippen LogP contribution in [0.15, 0.2) is 24.3 Å². The fraction of sp³-hybridized carbons (Fsp3) is 0.500. The zero-order chi connectivity index (χ0) is 18.0. The minimum absolute atomic E-state index is 0.205. The molecule has 1 aromatic rings. The molecule has 1 aliphatic rings. The van der Waals surface area contributed by atoms with E-state index in [9.17, 15) is 27.2 Å². The molecule has 1 fully saturated rings. The van der Waals surface area contributed by atoms with E-state index in [1.54, 1.807) is 0 Å². The highest BCUT2D eigenvalue weighted by Gasteiger charge is 2.39. The highest BCUT2D eigenvalue weighted by Crippen LogP contribution is 2.34. The van der Waals surface area contributed by atoms with Gasteiger partial charge in [-0.1, -0.05) is 25.0 Å². The van der Waals surface area contributed by atoms with Crippen LogP contribution in [0.25, 0.3) is 0 Å². The molecule has 1 unspecified atom stereocenters. The number of aliphatic carboxylic acids is 1. The third-order valence-corrected chi connectivity index (χ3v) is 4.20. The van der Waals surface area contributed by atoms with Crippen molar-refractivity contribution in [3.63, 3.8) is 0 Å². The number of amides is 1. The van der Waals surface area contributed by atoms with Crippen molar-refractivity contribution in [3.8, 4) is 0 Å². The van der Waals surface area contributed by atoms with E-state index in [4.69, 9.17) is 5.11 Å². The molecule has 0 spiro atoms. The molecule has 2 N–H and O–H groups in total. The maximum absolute atomic E-state index is 14.3. The predicted molar refractivity (Wildman–Crippen MR) is 76.9 cm³/mol. The Labute approximate surface area is 135 Å². The van der Waals surface area contributed by atoms with Crippen LogP contribution >= 0.6 is 0 Å². The number of halogens is 4. The second-order valence-electron chi connectivity index (χ2n) is 6.03. The Bertz CT molecular complexity index is 607. The summed E-state index contributed by atoms with van der Waals surface area (Å²) in [6.45, 7) is 0. The molecule has 0 radical (unpaired) electrons. The number of carboxylic acids is 1. The third kappa shape index (κ3) is 4.24. The first kappa shape index (κ1) is 18.2. The number of nitrogens with one attached hydrogen (secondary N) is 1. The molecule has 0 saturated heterocycles. The molecule has 0 bridgehead atoms. The largest absolute Gasteiger partial charge is 0.481 e. The van der Waals surface area contributed by atoms with Gasteiger partial charge in [0.2, 0.25) is 6.17 Å². The monoisotopic (exact) mass is 347 g/mol. The average Bonchev–Trinajstić information content (AvgIpc) is 2.92. The van der Waals surface area contributed by atoms with Gasteiger partial charge in [-0.05, 0) is 30.5 Å². The number of hydrogen-bond acceptors (Lipinski definition) is 2. The SMILES string of the molecule is O=C(O)CC1(NC(=O)C(F)c2ccc(C(F)(F)F)cc2)CCCC1. The Morgan fingerprint density at radius 1 is 1.17 bits per heavy atom. The molecule has 8 heteroatoms. The summed E-state index contributed by atoms with van der Waals surface area (Å²) in [5.41, 5.74) is -2.12. The van der Waals surface area contributed by atoms with Crippen LogP contribution in [-0.4, -0.2) is 22.5 Å². The molecule has 1 atom stereocenters. The lowest BCUT2D eigenvalue weighted by molar-refractivity contribution is -0.139. The van der Waals surface area contributed by atoms with Gasteiger partial charge in [-0.25, -0.2) is 4.39 Å². The summed E-state index contributed by atoms with van der Waals surface area (Å²) in [7, 11) is 0. The van der Waals surface area contributed by atoms with Crippen LogP contribution in [0.5, 0.6) is 0 Å². The number of benzene rings is 1. The second kappa shape index (κ2) is 6.78. The third-order valence-electron chi connectivity index (χ3n) is 4.20. The Balaban J connectivity index is 2.09. The molecule has 1 amide bonds. The molecule has 0 aliphatic heterocycles. The minimum atomic E-state index is -4.54. The molecule has 4 nitrogen and oxygen atoms in total. The van der Waals surface area contributed by atoms with E-state index < -0.39 is 35.3 Å². The lowest BCUT2D eigenvalue weighted by atomic mass is 9.92. The molecular weight excluding hydrogens is 330 g/mol. The minimum Gasteiger partial charge on any atom is -0.481 e. The van der Waals surface area contributed by atoms with E-state index in [1.807, 2.05) is 0 Å². The average molecular weight is 347 g/mol. The van der Waals surface area contributed by atoms with E-state index in [1.165, 1.54) is 0 Å². The molecule has 132 valence electrons. The predicted octanol–water partition coefficient (Wildman–Crippen LogP) is 3.62. The molecule has 0 aromatic heterocycles. The smallest absolute Gasteiger partial charge is 0.416 e. The highest BCUT2D eigenvalue weighted by molar-refractivity contribution is 5.83. The first-order chi connectivity index (χ1) is 11.1. The molecule has 24 heavy (non-hydrogen) atoms. The zero-order valence-electron chi connectivity index (χ0n) is 12.7. The summed E-state index contributed by atoms with van der Waals surface area (Å²) in [6, 6.07) is 3.23. The van der Waals surface area contributed by atoms with Crippen LogP contribution in [0.3, 0.4) is 0 Å². The van der Waals surface area contributed by atoms with Crippen LogP contribution in [0.1, 0.15) is 49.4 Å². The molecule has 2 rings (SSSR count). The highest BCUT2D eigenvalue weighted by atomic mass is 19.4. The van der Waals surface area contributed by atoms with Gasteiger partial charge in [-0.15, -0.1) is 0 Å². The summed E-state index contributed by atoms with van der Waals surface area (Å²) in [4.78, 5) is 23.0. The van der Waals surface area contributed by atoms with E-state index in [0.717, 1.165) is 25.0 Å². The van der Waals surface area contributed by atoms with Crippen molar-refractivity contribution in [2.45, 2.75) is 50.0 Å². The molecule has 1 saturated carbocycles. The van der Waals surface area contributed by atoms with Crippen LogP contribution in [0, 0.1) is 0 Å². The number of carboxylic acid groups (broad SMARTS) is 1. The van der Waals surface area contributed by atoms with E-state index in [2.05, 4.69) is 5.32 Å². The lowest BCUT2D eigenvalue weighted by Crippen LogP contribution is -2.49. The van der Waals surface area contributed by atoms with Gasteiger partial charge in [0.05, 0.1) is 17.5 Å². The number of hydrogen-bond donors (Lipinski definition) is 2. The number of alkyl halides is 4.